The zero-order valence-corrected chi connectivity index (χ0v) is 15.9. The van der Waals surface area contributed by atoms with Gasteiger partial charge in [0.1, 0.15) is 5.82 Å². The van der Waals surface area contributed by atoms with Crippen LogP contribution in [0.2, 0.25) is 0 Å². The van der Waals surface area contributed by atoms with Gasteiger partial charge in [0, 0.05) is 23.2 Å². The maximum Gasteiger partial charge on any atom is 0.261 e. The molecule has 7 nitrogen and oxygen atoms in total. The number of carbonyl (C=O) groups is 1. The summed E-state index contributed by atoms with van der Waals surface area (Å²) >= 11 is 1.32. The van der Waals surface area contributed by atoms with Crippen molar-refractivity contribution < 1.29 is 9.18 Å². The fourth-order valence-electron chi connectivity index (χ4n) is 3.49. The Balaban J connectivity index is 1.24. The van der Waals surface area contributed by atoms with Crippen LogP contribution >= 0.6 is 11.3 Å². The van der Waals surface area contributed by atoms with Crippen molar-refractivity contribution in [2.45, 2.75) is 19.4 Å². The molecule has 9 heteroatoms. The number of amides is 1. The third-order valence-electron chi connectivity index (χ3n) is 4.85. The number of halogens is 1. The third kappa shape index (κ3) is 4.14. The van der Waals surface area contributed by atoms with E-state index in [2.05, 4.69) is 25.6 Å². The molecule has 0 spiro atoms. The number of hydrogen-bond donors (Lipinski definition) is 1. The monoisotopic (exact) mass is 388 g/mol. The summed E-state index contributed by atoms with van der Waals surface area (Å²) in [6.07, 6.45) is 2.03. The van der Waals surface area contributed by atoms with Crippen molar-refractivity contribution in [3.8, 4) is 0 Å². The highest BCUT2D eigenvalue weighted by molar-refractivity contribution is 7.20. The molecule has 0 bridgehead atoms. The normalized spacial score (nSPS) is 17.6. The second-order valence-electron chi connectivity index (χ2n) is 6.89. The number of nitrogens with one attached hydrogen (secondary N) is 1. The molecule has 3 aromatic rings. The van der Waals surface area contributed by atoms with Crippen molar-refractivity contribution >= 4 is 27.3 Å². The lowest BCUT2D eigenvalue weighted by atomic mass is 10.1. The predicted octanol–water partition coefficient (Wildman–Crippen LogP) is 2.21. The number of tetrazole rings is 1. The van der Waals surface area contributed by atoms with E-state index in [1.165, 1.54) is 22.2 Å². The van der Waals surface area contributed by atoms with Crippen molar-refractivity contribution in [1.82, 2.24) is 30.4 Å². The second-order valence-corrected chi connectivity index (χ2v) is 7.98. The van der Waals surface area contributed by atoms with Crippen molar-refractivity contribution in [2.24, 2.45) is 13.0 Å². The zero-order valence-electron chi connectivity index (χ0n) is 15.1. The van der Waals surface area contributed by atoms with Gasteiger partial charge in [-0.1, -0.05) is 6.07 Å². The maximum absolute atomic E-state index is 13.8. The molecule has 0 aliphatic carbocycles. The Bertz CT molecular complexity index is 954. The van der Waals surface area contributed by atoms with Gasteiger partial charge in [0.15, 0.2) is 5.82 Å². The van der Waals surface area contributed by atoms with Gasteiger partial charge >= 0.3 is 0 Å². The minimum atomic E-state index is -0.286. The van der Waals surface area contributed by atoms with Crippen molar-refractivity contribution in [1.29, 1.82) is 0 Å². The van der Waals surface area contributed by atoms with E-state index in [-0.39, 0.29) is 11.7 Å². The molecule has 4 rings (SSSR count). The van der Waals surface area contributed by atoms with E-state index < -0.39 is 0 Å². The molecule has 3 heterocycles. The number of likely N-dealkylation sites (tertiary alicyclic amines) is 1. The molecular formula is C18H21FN6OS. The molecule has 1 unspecified atom stereocenters. The van der Waals surface area contributed by atoms with Gasteiger partial charge < -0.3 is 5.32 Å². The van der Waals surface area contributed by atoms with Crippen LogP contribution in [-0.2, 0) is 13.6 Å². The molecule has 1 N–H and O–H groups in total. The topological polar surface area (TPSA) is 75.9 Å². The summed E-state index contributed by atoms with van der Waals surface area (Å²) in [5.74, 6) is 0.867. The number of rotatable bonds is 6. The van der Waals surface area contributed by atoms with Gasteiger partial charge in [-0.25, -0.2) is 4.39 Å². The number of nitrogens with zero attached hydrogens (tertiary/aromatic N) is 5. The van der Waals surface area contributed by atoms with Crippen LogP contribution in [0.25, 0.3) is 10.1 Å². The highest BCUT2D eigenvalue weighted by Gasteiger charge is 2.23. The Hall–Kier alpha value is -2.39. The van der Waals surface area contributed by atoms with Crippen LogP contribution in [0.5, 0.6) is 0 Å². The Labute approximate surface area is 160 Å². The fourth-order valence-corrected chi connectivity index (χ4v) is 4.48. The van der Waals surface area contributed by atoms with Gasteiger partial charge in [-0.05, 0) is 48.7 Å². The summed E-state index contributed by atoms with van der Waals surface area (Å²) in [4.78, 5) is 16.7. The van der Waals surface area contributed by atoms with Gasteiger partial charge in [0.25, 0.3) is 5.91 Å². The summed E-state index contributed by atoms with van der Waals surface area (Å²) in [6, 6.07) is 6.55. The van der Waals surface area contributed by atoms with E-state index in [0.29, 0.717) is 29.3 Å². The van der Waals surface area contributed by atoms with Crippen LogP contribution < -0.4 is 5.32 Å². The van der Waals surface area contributed by atoms with Gasteiger partial charge in [-0.2, -0.15) is 4.80 Å². The Morgan fingerprint density at radius 2 is 2.33 bits per heavy atom. The summed E-state index contributed by atoms with van der Waals surface area (Å²) < 4.78 is 14.6. The molecule has 0 radical (unpaired) electrons. The molecule has 0 saturated carbocycles. The van der Waals surface area contributed by atoms with Crippen LogP contribution in [-0.4, -0.2) is 50.6 Å². The van der Waals surface area contributed by atoms with Crippen molar-refractivity contribution in [2.75, 3.05) is 19.6 Å². The second kappa shape index (κ2) is 7.69. The highest BCUT2D eigenvalue weighted by Crippen LogP contribution is 2.27. The Kier molecular flexibility index (Phi) is 5.13. The fraction of sp³-hybridized carbons (Fsp3) is 0.444. The number of carbonyl (C=O) groups excluding carboxylic acids is 1. The molecule has 1 amide bonds. The van der Waals surface area contributed by atoms with Crippen LogP contribution in [0, 0.1) is 11.7 Å². The largest absolute Gasteiger partial charge is 0.351 e. The van der Waals surface area contributed by atoms with E-state index >= 15 is 0 Å². The first-order valence-corrected chi connectivity index (χ1v) is 9.81. The predicted molar refractivity (Wildman–Crippen MR) is 101 cm³/mol. The number of thiophene rings is 1. The molecule has 142 valence electrons. The Morgan fingerprint density at radius 3 is 3.11 bits per heavy atom. The number of fused-ring (bicyclic) bond motifs is 1. The van der Waals surface area contributed by atoms with Crippen molar-refractivity contribution in [3.05, 3.63) is 40.8 Å². The lowest BCUT2D eigenvalue weighted by Crippen LogP contribution is -2.26. The number of hydrogen-bond acceptors (Lipinski definition) is 6. The van der Waals surface area contributed by atoms with Gasteiger partial charge in [0.2, 0.25) is 0 Å². The molecule has 1 saturated heterocycles. The van der Waals surface area contributed by atoms with Crippen LogP contribution in [0.4, 0.5) is 4.39 Å². The number of benzene rings is 1. The van der Waals surface area contributed by atoms with Crippen LogP contribution in [0.1, 0.15) is 28.3 Å². The third-order valence-corrected chi connectivity index (χ3v) is 5.95. The average Bonchev–Trinajstić information content (AvgIpc) is 3.36. The standard InChI is InChI=1S/C18H21FN6OS/c1-24-22-17(21-23-24)11-25-8-6-12(10-25)5-7-20-18(26)16-9-13-14(19)3-2-4-15(13)27-16/h2-4,9,12H,5-8,10-11H2,1H3,(H,20,26). The first-order valence-electron chi connectivity index (χ1n) is 9.00. The van der Waals surface area contributed by atoms with Gasteiger partial charge in [-0.3, -0.25) is 9.69 Å². The molecule has 1 atom stereocenters. The van der Waals surface area contributed by atoms with Crippen LogP contribution in [0.15, 0.2) is 24.3 Å². The first-order chi connectivity index (χ1) is 13.1. The highest BCUT2D eigenvalue weighted by atomic mass is 32.1. The SMILES string of the molecule is Cn1nnc(CN2CCC(CCNC(=O)c3cc4c(F)cccc4s3)C2)n1. The van der Waals surface area contributed by atoms with E-state index in [9.17, 15) is 9.18 Å². The smallest absolute Gasteiger partial charge is 0.261 e. The average molecular weight is 388 g/mol. The summed E-state index contributed by atoms with van der Waals surface area (Å²) in [5.41, 5.74) is 0. The Morgan fingerprint density at radius 1 is 1.44 bits per heavy atom. The summed E-state index contributed by atoms with van der Waals surface area (Å²) in [5, 5.41) is 15.6. The number of aryl methyl sites for hydroxylation is 1. The maximum atomic E-state index is 13.8. The quantitative estimate of drug-likeness (QED) is 0.701. The molecule has 1 aliphatic rings. The van der Waals surface area contributed by atoms with Gasteiger partial charge in [0.05, 0.1) is 18.5 Å². The molecule has 1 aromatic carbocycles. The summed E-state index contributed by atoms with van der Waals surface area (Å²) in [6.45, 7) is 3.32. The zero-order chi connectivity index (χ0) is 18.8. The van der Waals surface area contributed by atoms with E-state index in [1.807, 2.05) is 6.07 Å². The molecule has 2 aromatic heterocycles. The first kappa shape index (κ1) is 18.0. The molecule has 1 fully saturated rings. The van der Waals surface area contributed by atoms with Gasteiger partial charge in [-0.15, -0.1) is 21.5 Å². The lowest BCUT2D eigenvalue weighted by Gasteiger charge is -2.13. The number of aromatic nitrogens is 4. The van der Waals surface area contributed by atoms with E-state index in [4.69, 9.17) is 0 Å². The summed E-state index contributed by atoms with van der Waals surface area (Å²) in [7, 11) is 1.76. The minimum Gasteiger partial charge on any atom is -0.351 e. The minimum absolute atomic E-state index is 0.130. The molecule has 27 heavy (non-hydrogen) atoms. The molecular weight excluding hydrogens is 367 g/mol. The van der Waals surface area contributed by atoms with E-state index in [0.717, 1.165) is 36.5 Å². The molecule has 1 aliphatic heterocycles. The lowest BCUT2D eigenvalue weighted by molar-refractivity contribution is 0.0955. The van der Waals surface area contributed by atoms with Crippen LogP contribution in [0.3, 0.4) is 0 Å². The van der Waals surface area contributed by atoms with Crippen molar-refractivity contribution in [3.63, 3.8) is 0 Å². The van der Waals surface area contributed by atoms with E-state index in [1.54, 1.807) is 19.2 Å².